The third-order valence-electron chi connectivity index (χ3n) is 3.04. The number of rotatable bonds is 2. The van der Waals surface area contributed by atoms with Gasteiger partial charge in [-0.15, -0.1) is 11.3 Å². The Hall–Kier alpha value is -1.72. The summed E-state index contributed by atoms with van der Waals surface area (Å²) in [6.07, 6.45) is 0. The maximum absolute atomic E-state index is 12.3. The summed E-state index contributed by atoms with van der Waals surface area (Å²) in [7, 11) is 0. The van der Waals surface area contributed by atoms with Crippen LogP contribution in [0.15, 0.2) is 35.7 Å². The highest BCUT2D eigenvalue weighted by Crippen LogP contribution is 2.22. The number of thiophene rings is 1. The third-order valence-corrected chi connectivity index (χ3v) is 3.93. The highest BCUT2D eigenvalue weighted by molar-refractivity contribution is 7.13. The van der Waals surface area contributed by atoms with Gasteiger partial charge in [0, 0.05) is 13.1 Å². The van der Waals surface area contributed by atoms with Crippen LogP contribution < -0.4 is 0 Å². The van der Waals surface area contributed by atoms with Gasteiger partial charge in [0.1, 0.15) is 5.69 Å². The Labute approximate surface area is 115 Å². The van der Waals surface area contributed by atoms with Gasteiger partial charge in [0.2, 0.25) is 0 Å². The van der Waals surface area contributed by atoms with Crippen molar-refractivity contribution in [1.82, 2.24) is 9.88 Å². The van der Waals surface area contributed by atoms with Gasteiger partial charge < -0.3 is 9.64 Å². The molecule has 0 atom stereocenters. The standard InChI is InChI=1S/C14H14N2O2S/c17-14(16-6-8-18-9-7-16)12-4-1-3-11(15-12)13-5-2-10-19-13/h1-5,10H,6-9H2. The quantitative estimate of drug-likeness (QED) is 0.843. The average molecular weight is 274 g/mol. The van der Waals surface area contributed by atoms with Crippen molar-refractivity contribution in [2.75, 3.05) is 26.3 Å². The molecule has 0 bridgehead atoms. The Morgan fingerprint density at radius 3 is 2.79 bits per heavy atom. The molecule has 1 amide bonds. The number of morpholine rings is 1. The largest absolute Gasteiger partial charge is 0.378 e. The van der Waals surface area contributed by atoms with Crippen molar-refractivity contribution in [3.63, 3.8) is 0 Å². The molecule has 3 heterocycles. The molecule has 2 aromatic rings. The molecule has 3 rings (SSSR count). The van der Waals surface area contributed by atoms with E-state index >= 15 is 0 Å². The molecule has 1 aliphatic rings. The second kappa shape index (κ2) is 5.50. The van der Waals surface area contributed by atoms with Crippen LogP contribution in [0.3, 0.4) is 0 Å². The summed E-state index contributed by atoms with van der Waals surface area (Å²) in [4.78, 5) is 19.7. The van der Waals surface area contributed by atoms with Gasteiger partial charge in [-0.3, -0.25) is 4.79 Å². The van der Waals surface area contributed by atoms with Gasteiger partial charge in [0.25, 0.3) is 5.91 Å². The van der Waals surface area contributed by atoms with E-state index in [-0.39, 0.29) is 5.91 Å². The molecule has 98 valence electrons. The monoisotopic (exact) mass is 274 g/mol. The fraction of sp³-hybridized carbons (Fsp3) is 0.286. The fourth-order valence-electron chi connectivity index (χ4n) is 2.04. The molecule has 4 nitrogen and oxygen atoms in total. The van der Waals surface area contributed by atoms with Crippen LogP contribution >= 0.6 is 11.3 Å². The molecule has 2 aromatic heterocycles. The van der Waals surface area contributed by atoms with Gasteiger partial charge in [0.15, 0.2) is 0 Å². The number of ether oxygens (including phenoxy) is 1. The Morgan fingerprint density at radius 1 is 1.21 bits per heavy atom. The van der Waals surface area contributed by atoms with Crippen LogP contribution in [0.4, 0.5) is 0 Å². The lowest BCUT2D eigenvalue weighted by Gasteiger charge is -2.26. The molecule has 0 spiro atoms. The summed E-state index contributed by atoms with van der Waals surface area (Å²) in [6.45, 7) is 2.50. The highest BCUT2D eigenvalue weighted by atomic mass is 32.1. The number of carbonyl (C=O) groups excluding carboxylic acids is 1. The second-order valence-electron chi connectivity index (χ2n) is 4.29. The first-order chi connectivity index (χ1) is 9.34. The first-order valence-corrected chi connectivity index (χ1v) is 7.10. The summed E-state index contributed by atoms with van der Waals surface area (Å²) >= 11 is 1.62. The smallest absolute Gasteiger partial charge is 0.272 e. The van der Waals surface area contributed by atoms with E-state index in [2.05, 4.69) is 4.98 Å². The van der Waals surface area contributed by atoms with E-state index in [1.165, 1.54) is 0 Å². The Kier molecular flexibility index (Phi) is 3.57. The molecule has 0 aromatic carbocycles. The van der Waals surface area contributed by atoms with Crippen LogP contribution in [-0.4, -0.2) is 42.1 Å². The summed E-state index contributed by atoms with van der Waals surface area (Å²) in [6, 6.07) is 9.58. The predicted molar refractivity (Wildman–Crippen MR) is 74.3 cm³/mol. The molecule has 1 fully saturated rings. The third kappa shape index (κ3) is 2.67. The van der Waals surface area contributed by atoms with E-state index in [9.17, 15) is 4.79 Å². The number of carbonyl (C=O) groups is 1. The van der Waals surface area contributed by atoms with Crippen LogP contribution in [0, 0.1) is 0 Å². The van der Waals surface area contributed by atoms with Gasteiger partial charge in [-0.05, 0) is 23.6 Å². The van der Waals surface area contributed by atoms with E-state index in [4.69, 9.17) is 4.74 Å². The Morgan fingerprint density at radius 2 is 2.05 bits per heavy atom. The van der Waals surface area contributed by atoms with Crippen molar-refractivity contribution in [3.8, 4) is 10.6 Å². The molecule has 0 N–H and O–H groups in total. The topological polar surface area (TPSA) is 42.4 Å². The Bertz CT molecular complexity index is 563. The van der Waals surface area contributed by atoms with Crippen LogP contribution in [0.1, 0.15) is 10.5 Å². The van der Waals surface area contributed by atoms with Crippen molar-refractivity contribution < 1.29 is 9.53 Å². The molecule has 5 heteroatoms. The molecule has 0 unspecified atom stereocenters. The number of nitrogens with zero attached hydrogens (tertiary/aromatic N) is 2. The summed E-state index contributed by atoms with van der Waals surface area (Å²) in [5, 5.41) is 2.01. The maximum atomic E-state index is 12.3. The minimum atomic E-state index is -0.0123. The highest BCUT2D eigenvalue weighted by Gasteiger charge is 2.19. The lowest BCUT2D eigenvalue weighted by Crippen LogP contribution is -2.41. The van der Waals surface area contributed by atoms with E-state index in [1.54, 1.807) is 22.3 Å². The van der Waals surface area contributed by atoms with Gasteiger partial charge in [-0.25, -0.2) is 4.98 Å². The molecule has 19 heavy (non-hydrogen) atoms. The molecule has 1 aliphatic heterocycles. The summed E-state index contributed by atoms with van der Waals surface area (Å²) in [5.41, 5.74) is 1.36. The van der Waals surface area contributed by atoms with Gasteiger partial charge in [-0.1, -0.05) is 12.1 Å². The first kappa shape index (κ1) is 12.3. The van der Waals surface area contributed by atoms with Crippen molar-refractivity contribution >= 4 is 17.2 Å². The van der Waals surface area contributed by atoms with Gasteiger partial charge >= 0.3 is 0 Å². The molecule has 0 saturated carbocycles. The zero-order valence-electron chi connectivity index (χ0n) is 10.4. The molecule has 0 aliphatic carbocycles. The average Bonchev–Trinajstić information content (AvgIpc) is 3.02. The van der Waals surface area contributed by atoms with Crippen LogP contribution in [0.5, 0.6) is 0 Å². The SMILES string of the molecule is O=C(c1cccc(-c2cccs2)n1)N1CCOCC1. The normalized spacial score (nSPS) is 15.5. The predicted octanol–water partition coefficient (Wildman–Crippen LogP) is 2.28. The molecular formula is C14H14N2O2S. The van der Waals surface area contributed by atoms with E-state index < -0.39 is 0 Å². The number of amides is 1. The van der Waals surface area contributed by atoms with Gasteiger partial charge in [0.05, 0.1) is 23.8 Å². The first-order valence-electron chi connectivity index (χ1n) is 6.22. The van der Waals surface area contributed by atoms with Crippen molar-refractivity contribution in [3.05, 3.63) is 41.4 Å². The molecule has 0 radical (unpaired) electrons. The number of hydrogen-bond donors (Lipinski definition) is 0. The van der Waals surface area contributed by atoms with Crippen LogP contribution in [0.2, 0.25) is 0 Å². The zero-order valence-corrected chi connectivity index (χ0v) is 11.2. The molecular weight excluding hydrogens is 260 g/mol. The van der Waals surface area contributed by atoms with Crippen LogP contribution in [-0.2, 0) is 4.74 Å². The molecule has 1 saturated heterocycles. The fourth-order valence-corrected chi connectivity index (χ4v) is 2.74. The lowest BCUT2D eigenvalue weighted by molar-refractivity contribution is 0.0299. The van der Waals surface area contributed by atoms with Crippen molar-refractivity contribution in [1.29, 1.82) is 0 Å². The van der Waals surface area contributed by atoms with E-state index in [1.807, 2.05) is 29.6 Å². The van der Waals surface area contributed by atoms with Crippen molar-refractivity contribution in [2.24, 2.45) is 0 Å². The lowest BCUT2D eigenvalue weighted by atomic mass is 10.2. The second-order valence-corrected chi connectivity index (χ2v) is 5.24. The minimum Gasteiger partial charge on any atom is -0.378 e. The van der Waals surface area contributed by atoms with Gasteiger partial charge in [-0.2, -0.15) is 0 Å². The summed E-state index contributed by atoms with van der Waals surface area (Å²) in [5.74, 6) is -0.0123. The number of pyridine rings is 1. The van der Waals surface area contributed by atoms with Crippen LogP contribution in [0.25, 0.3) is 10.6 Å². The Balaban J connectivity index is 1.84. The maximum Gasteiger partial charge on any atom is 0.272 e. The van der Waals surface area contributed by atoms with Crippen molar-refractivity contribution in [2.45, 2.75) is 0 Å². The van der Waals surface area contributed by atoms with E-state index in [0.29, 0.717) is 32.0 Å². The number of aromatic nitrogens is 1. The van der Waals surface area contributed by atoms with E-state index in [0.717, 1.165) is 10.6 Å². The number of hydrogen-bond acceptors (Lipinski definition) is 4. The summed E-state index contributed by atoms with van der Waals surface area (Å²) < 4.78 is 5.26. The minimum absolute atomic E-state index is 0.0123. The zero-order chi connectivity index (χ0) is 13.1.